The molecule has 2 aliphatic rings. The molecule has 0 amide bonds. The summed E-state index contributed by atoms with van der Waals surface area (Å²) in [4.78, 5) is 17.8. The van der Waals surface area contributed by atoms with Gasteiger partial charge in [-0.25, -0.2) is 4.98 Å². The molecule has 1 N–H and O–H groups in total. The van der Waals surface area contributed by atoms with E-state index in [9.17, 15) is 9.90 Å². The Morgan fingerprint density at radius 2 is 2.26 bits per heavy atom. The standard InChI is InChI=1S/C14H21N3O2/c1-16-9-15-7-11(16)8-17-12-5-3-2-4-10(12)6-13(17)14(18)19/h7,9-10,12-13H,2-6,8H2,1H3,(H,18,19)/t10-,12+,13+/m1/s1. The van der Waals surface area contributed by atoms with Crippen molar-refractivity contribution in [2.75, 3.05) is 0 Å². The zero-order valence-corrected chi connectivity index (χ0v) is 11.3. The molecular formula is C14H21N3O2. The summed E-state index contributed by atoms with van der Waals surface area (Å²) in [5.41, 5.74) is 1.09. The van der Waals surface area contributed by atoms with Gasteiger partial charge in [0.25, 0.3) is 0 Å². The summed E-state index contributed by atoms with van der Waals surface area (Å²) in [6.07, 6.45) is 9.26. The third-order valence-electron chi connectivity index (χ3n) is 4.77. The van der Waals surface area contributed by atoms with Gasteiger partial charge in [0.15, 0.2) is 0 Å². The molecule has 2 fully saturated rings. The molecular weight excluding hydrogens is 242 g/mol. The van der Waals surface area contributed by atoms with E-state index in [1.807, 2.05) is 17.8 Å². The number of carboxylic acid groups (broad SMARTS) is 1. The van der Waals surface area contributed by atoms with Gasteiger partial charge in [0.2, 0.25) is 0 Å². The van der Waals surface area contributed by atoms with Crippen molar-refractivity contribution < 1.29 is 9.90 Å². The Morgan fingerprint density at radius 3 is 2.95 bits per heavy atom. The molecule has 19 heavy (non-hydrogen) atoms. The number of aryl methyl sites for hydroxylation is 1. The third-order valence-corrected chi connectivity index (χ3v) is 4.77. The van der Waals surface area contributed by atoms with E-state index in [1.54, 1.807) is 6.33 Å². The maximum Gasteiger partial charge on any atom is 0.320 e. The summed E-state index contributed by atoms with van der Waals surface area (Å²) in [5, 5.41) is 9.46. The average molecular weight is 263 g/mol. The van der Waals surface area contributed by atoms with Crippen molar-refractivity contribution in [2.24, 2.45) is 13.0 Å². The van der Waals surface area contributed by atoms with Gasteiger partial charge in [-0.3, -0.25) is 9.69 Å². The van der Waals surface area contributed by atoms with Gasteiger partial charge in [-0.15, -0.1) is 0 Å². The minimum absolute atomic E-state index is 0.317. The molecule has 3 rings (SSSR count). The van der Waals surface area contributed by atoms with Gasteiger partial charge in [-0.1, -0.05) is 12.8 Å². The average Bonchev–Trinajstić information content (AvgIpc) is 2.95. The highest BCUT2D eigenvalue weighted by atomic mass is 16.4. The van der Waals surface area contributed by atoms with Gasteiger partial charge in [0.1, 0.15) is 6.04 Å². The molecule has 1 aliphatic carbocycles. The fourth-order valence-electron chi connectivity index (χ4n) is 3.75. The molecule has 1 aromatic heterocycles. The molecule has 0 radical (unpaired) electrons. The molecule has 0 bridgehead atoms. The first kappa shape index (κ1) is 12.7. The zero-order chi connectivity index (χ0) is 13.4. The van der Waals surface area contributed by atoms with Crippen LogP contribution in [0.25, 0.3) is 0 Å². The number of hydrogen-bond acceptors (Lipinski definition) is 3. The summed E-state index contributed by atoms with van der Waals surface area (Å²) in [5.74, 6) is -0.0976. The molecule has 1 aromatic rings. The Bertz CT molecular complexity index is 471. The number of fused-ring (bicyclic) bond motifs is 1. The number of imidazole rings is 1. The number of aromatic nitrogens is 2. The fraction of sp³-hybridized carbons (Fsp3) is 0.714. The Morgan fingerprint density at radius 1 is 1.47 bits per heavy atom. The van der Waals surface area contributed by atoms with Crippen molar-refractivity contribution in [1.29, 1.82) is 0 Å². The normalized spacial score (nSPS) is 31.3. The van der Waals surface area contributed by atoms with Crippen molar-refractivity contribution in [3.8, 4) is 0 Å². The minimum Gasteiger partial charge on any atom is -0.480 e. The van der Waals surface area contributed by atoms with Crippen molar-refractivity contribution in [3.05, 3.63) is 18.2 Å². The lowest BCUT2D eigenvalue weighted by molar-refractivity contribution is -0.142. The smallest absolute Gasteiger partial charge is 0.320 e. The van der Waals surface area contributed by atoms with Crippen LogP contribution in [0.4, 0.5) is 0 Å². The summed E-state index contributed by atoms with van der Waals surface area (Å²) in [7, 11) is 1.96. The lowest BCUT2D eigenvalue weighted by atomic mass is 9.85. The largest absolute Gasteiger partial charge is 0.480 e. The van der Waals surface area contributed by atoms with Gasteiger partial charge < -0.3 is 9.67 Å². The Kier molecular flexibility index (Phi) is 3.31. The van der Waals surface area contributed by atoms with Crippen molar-refractivity contribution in [3.63, 3.8) is 0 Å². The second-order valence-electron chi connectivity index (χ2n) is 5.87. The van der Waals surface area contributed by atoms with Gasteiger partial charge in [0.05, 0.1) is 12.0 Å². The number of carbonyl (C=O) groups is 1. The van der Waals surface area contributed by atoms with Crippen LogP contribution >= 0.6 is 0 Å². The maximum absolute atomic E-state index is 11.5. The Labute approximate surface area is 113 Å². The summed E-state index contributed by atoms with van der Waals surface area (Å²) >= 11 is 0. The van der Waals surface area contributed by atoms with Crippen LogP contribution in [0, 0.1) is 5.92 Å². The Hall–Kier alpha value is -1.36. The molecule has 5 nitrogen and oxygen atoms in total. The second-order valence-corrected chi connectivity index (χ2v) is 5.87. The van der Waals surface area contributed by atoms with Crippen LogP contribution in [-0.4, -0.2) is 37.6 Å². The molecule has 0 aromatic carbocycles. The first-order valence-corrected chi connectivity index (χ1v) is 7.10. The molecule has 1 aliphatic heterocycles. The molecule has 1 saturated heterocycles. The van der Waals surface area contributed by atoms with Crippen LogP contribution in [0.1, 0.15) is 37.8 Å². The number of carboxylic acids is 1. The quantitative estimate of drug-likeness (QED) is 0.900. The molecule has 0 spiro atoms. The zero-order valence-electron chi connectivity index (χ0n) is 11.3. The van der Waals surface area contributed by atoms with E-state index < -0.39 is 5.97 Å². The highest BCUT2D eigenvalue weighted by Crippen LogP contribution is 2.40. The van der Waals surface area contributed by atoms with Crippen LogP contribution in [0.15, 0.2) is 12.5 Å². The number of likely N-dealkylation sites (tertiary alicyclic amines) is 1. The van der Waals surface area contributed by atoms with Gasteiger partial charge in [-0.2, -0.15) is 0 Å². The summed E-state index contributed by atoms with van der Waals surface area (Å²) < 4.78 is 1.98. The summed E-state index contributed by atoms with van der Waals surface area (Å²) in [6.45, 7) is 0.703. The van der Waals surface area contributed by atoms with E-state index in [2.05, 4.69) is 9.88 Å². The number of hydrogen-bond donors (Lipinski definition) is 1. The van der Waals surface area contributed by atoms with E-state index in [0.29, 0.717) is 18.5 Å². The van der Waals surface area contributed by atoms with E-state index in [4.69, 9.17) is 0 Å². The van der Waals surface area contributed by atoms with Crippen LogP contribution in [0.5, 0.6) is 0 Å². The predicted molar refractivity (Wildman–Crippen MR) is 70.5 cm³/mol. The number of rotatable bonds is 3. The lowest BCUT2D eigenvalue weighted by Crippen LogP contribution is -2.42. The maximum atomic E-state index is 11.5. The molecule has 2 heterocycles. The van der Waals surface area contributed by atoms with Crippen LogP contribution in [0.3, 0.4) is 0 Å². The molecule has 5 heteroatoms. The summed E-state index contributed by atoms with van der Waals surface area (Å²) in [6, 6.07) is 0.132. The highest BCUT2D eigenvalue weighted by Gasteiger charge is 2.45. The Balaban J connectivity index is 1.82. The van der Waals surface area contributed by atoms with Crippen molar-refractivity contribution >= 4 is 5.97 Å². The van der Waals surface area contributed by atoms with Crippen molar-refractivity contribution in [2.45, 2.75) is 50.7 Å². The predicted octanol–water partition coefficient (Wildman–Crippen LogP) is 1.64. The van der Waals surface area contributed by atoms with Crippen LogP contribution in [-0.2, 0) is 18.4 Å². The van der Waals surface area contributed by atoms with E-state index >= 15 is 0 Å². The topological polar surface area (TPSA) is 58.4 Å². The van der Waals surface area contributed by atoms with Crippen molar-refractivity contribution in [1.82, 2.24) is 14.5 Å². The molecule has 104 valence electrons. The van der Waals surface area contributed by atoms with Crippen LogP contribution < -0.4 is 0 Å². The first-order chi connectivity index (χ1) is 9.16. The molecule has 3 atom stereocenters. The second kappa shape index (κ2) is 4.96. The van der Waals surface area contributed by atoms with Gasteiger partial charge >= 0.3 is 5.97 Å². The first-order valence-electron chi connectivity index (χ1n) is 7.10. The van der Waals surface area contributed by atoms with Crippen LogP contribution in [0.2, 0.25) is 0 Å². The monoisotopic (exact) mass is 263 g/mol. The SMILES string of the molecule is Cn1cncc1CN1[C@H](C(=O)O)C[C@H]2CCCC[C@@H]21. The lowest BCUT2D eigenvalue weighted by Gasteiger charge is -2.32. The third kappa shape index (κ3) is 2.27. The molecule has 0 unspecified atom stereocenters. The molecule has 1 saturated carbocycles. The highest BCUT2D eigenvalue weighted by molar-refractivity contribution is 5.74. The fourth-order valence-corrected chi connectivity index (χ4v) is 3.75. The van der Waals surface area contributed by atoms with E-state index in [1.165, 1.54) is 19.3 Å². The minimum atomic E-state index is -0.670. The number of nitrogens with zero attached hydrogens (tertiary/aromatic N) is 3. The van der Waals surface area contributed by atoms with Gasteiger partial charge in [0, 0.05) is 25.8 Å². The van der Waals surface area contributed by atoms with E-state index in [-0.39, 0.29) is 6.04 Å². The van der Waals surface area contributed by atoms with E-state index in [0.717, 1.165) is 18.5 Å². The number of aliphatic carboxylic acids is 1. The van der Waals surface area contributed by atoms with Gasteiger partial charge in [-0.05, 0) is 25.2 Å².